The van der Waals surface area contributed by atoms with E-state index in [0.29, 0.717) is 11.4 Å². The first kappa shape index (κ1) is 17.2. The zero-order valence-electron chi connectivity index (χ0n) is 12.4. The van der Waals surface area contributed by atoms with Gasteiger partial charge in [0.05, 0.1) is 7.11 Å². The van der Waals surface area contributed by atoms with Crippen LogP contribution in [0.5, 0.6) is 0 Å². The Morgan fingerprint density at radius 2 is 2.00 bits per heavy atom. The second-order valence-corrected chi connectivity index (χ2v) is 5.48. The lowest BCUT2D eigenvalue weighted by Crippen LogP contribution is -2.41. The number of benzene rings is 1. The molecule has 0 fully saturated rings. The summed E-state index contributed by atoms with van der Waals surface area (Å²) in [5.74, 6) is -0.531. The van der Waals surface area contributed by atoms with Crippen molar-refractivity contribution in [1.29, 1.82) is 0 Å². The van der Waals surface area contributed by atoms with Gasteiger partial charge in [0, 0.05) is 11.1 Å². The van der Waals surface area contributed by atoms with E-state index in [0.717, 1.165) is 5.56 Å². The summed E-state index contributed by atoms with van der Waals surface area (Å²) >= 11 is 6.00. The van der Waals surface area contributed by atoms with E-state index in [1.54, 1.807) is 18.2 Å². The summed E-state index contributed by atoms with van der Waals surface area (Å²) in [5, 5.41) is 3.21. The molecule has 0 radical (unpaired) electrons. The number of rotatable bonds is 6. The van der Waals surface area contributed by atoms with Crippen LogP contribution in [-0.2, 0) is 14.3 Å². The fourth-order valence-corrected chi connectivity index (χ4v) is 2.02. The van der Waals surface area contributed by atoms with Crippen LogP contribution in [0.15, 0.2) is 30.3 Å². The Labute approximate surface area is 130 Å². The third-order valence-corrected chi connectivity index (χ3v) is 3.17. The molecule has 114 valence electrons. The van der Waals surface area contributed by atoms with Gasteiger partial charge in [-0.25, -0.2) is 4.79 Å². The van der Waals surface area contributed by atoms with Crippen molar-refractivity contribution in [2.24, 2.45) is 5.92 Å². The van der Waals surface area contributed by atoms with Gasteiger partial charge >= 0.3 is 5.97 Å². The van der Waals surface area contributed by atoms with Crippen LogP contribution in [0.2, 0.25) is 5.02 Å². The topological polar surface area (TPSA) is 55.4 Å². The zero-order valence-corrected chi connectivity index (χ0v) is 13.2. The van der Waals surface area contributed by atoms with Gasteiger partial charge in [-0.2, -0.15) is 0 Å². The minimum absolute atomic E-state index is 0.266. The molecule has 1 N–H and O–H groups in total. The lowest BCUT2D eigenvalue weighted by Gasteiger charge is -2.17. The summed E-state index contributed by atoms with van der Waals surface area (Å²) in [7, 11) is 1.31. The molecule has 0 aromatic heterocycles. The van der Waals surface area contributed by atoms with Crippen LogP contribution in [0.25, 0.3) is 6.08 Å². The van der Waals surface area contributed by atoms with E-state index < -0.39 is 12.0 Å². The molecule has 0 aliphatic carbocycles. The highest BCUT2D eigenvalue weighted by molar-refractivity contribution is 6.32. The van der Waals surface area contributed by atoms with Crippen molar-refractivity contribution < 1.29 is 14.3 Å². The molecule has 1 rings (SSSR count). The molecule has 4 nitrogen and oxygen atoms in total. The molecule has 1 aromatic carbocycles. The fraction of sp³-hybridized carbons (Fsp3) is 0.375. The van der Waals surface area contributed by atoms with E-state index in [-0.39, 0.29) is 11.8 Å². The Hall–Kier alpha value is -1.81. The van der Waals surface area contributed by atoms with Crippen molar-refractivity contribution in [3.05, 3.63) is 40.9 Å². The van der Waals surface area contributed by atoms with Crippen molar-refractivity contribution in [1.82, 2.24) is 5.32 Å². The number of ether oxygens (including phenoxy) is 1. The van der Waals surface area contributed by atoms with E-state index in [9.17, 15) is 9.59 Å². The molecule has 0 aliphatic heterocycles. The molecule has 0 unspecified atom stereocenters. The molecule has 0 spiro atoms. The maximum atomic E-state index is 11.9. The number of halogens is 1. The number of hydrogen-bond acceptors (Lipinski definition) is 3. The number of hydrogen-bond donors (Lipinski definition) is 1. The van der Waals surface area contributed by atoms with Crippen LogP contribution in [-0.4, -0.2) is 25.0 Å². The van der Waals surface area contributed by atoms with Crippen molar-refractivity contribution in [2.75, 3.05) is 7.11 Å². The second-order valence-electron chi connectivity index (χ2n) is 5.07. The van der Waals surface area contributed by atoms with E-state index in [4.69, 9.17) is 16.3 Å². The van der Waals surface area contributed by atoms with E-state index in [2.05, 4.69) is 5.32 Å². The van der Waals surface area contributed by atoms with Crippen molar-refractivity contribution in [3.63, 3.8) is 0 Å². The SMILES string of the molecule is COC(=O)[C@@H](CC(C)C)NC(=O)/C=C/c1ccccc1Cl. The quantitative estimate of drug-likeness (QED) is 0.649. The van der Waals surface area contributed by atoms with Gasteiger partial charge in [0.1, 0.15) is 6.04 Å². The highest BCUT2D eigenvalue weighted by atomic mass is 35.5. The number of methoxy groups -OCH3 is 1. The van der Waals surface area contributed by atoms with Crippen LogP contribution in [0.3, 0.4) is 0 Å². The number of amides is 1. The number of esters is 1. The van der Waals surface area contributed by atoms with Gasteiger partial charge in [-0.1, -0.05) is 43.6 Å². The predicted molar refractivity (Wildman–Crippen MR) is 83.9 cm³/mol. The lowest BCUT2D eigenvalue weighted by molar-refractivity contribution is -0.145. The van der Waals surface area contributed by atoms with Gasteiger partial charge in [-0.15, -0.1) is 0 Å². The summed E-state index contributed by atoms with van der Waals surface area (Å²) in [6, 6.07) is 6.56. The number of carbonyl (C=O) groups is 2. The van der Waals surface area contributed by atoms with Gasteiger partial charge in [-0.05, 0) is 30.0 Å². The minimum Gasteiger partial charge on any atom is -0.467 e. The third kappa shape index (κ3) is 6.00. The van der Waals surface area contributed by atoms with E-state index in [1.165, 1.54) is 13.2 Å². The molecule has 21 heavy (non-hydrogen) atoms. The summed E-state index contributed by atoms with van der Waals surface area (Å²) < 4.78 is 4.70. The summed E-state index contributed by atoms with van der Waals surface area (Å²) in [6.45, 7) is 3.95. The van der Waals surface area contributed by atoms with Gasteiger partial charge in [0.2, 0.25) is 5.91 Å². The maximum Gasteiger partial charge on any atom is 0.328 e. The molecule has 0 saturated heterocycles. The fourth-order valence-electron chi connectivity index (χ4n) is 1.82. The molecule has 5 heteroatoms. The van der Waals surface area contributed by atoms with Crippen molar-refractivity contribution in [3.8, 4) is 0 Å². The van der Waals surface area contributed by atoms with Gasteiger partial charge in [0.15, 0.2) is 0 Å². The van der Waals surface area contributed by atoms with Crippen LogP contribution >= 0.6 is 11.6 Å². The Kier molecular flexibility index (Phi) is 6.96. The van der Waals surface area contributed by atoms with Crippen LogP contribution in [0, 0.1) is 5.92 Å². The lowest BCUT2D eigenvalue weighted by atomic mass is 10.0. The van der Waals surface area contributed by atoms with Crippen molar-refractivity contribution in [2.45, 2.75) is 26.3 Å². The van der Waals surface area contributed by atoms with Crippen LogP contribution in [0.1, 0.15) is 25.8 Å². The monoisotopic (exact) mass is 309 g/mol. The van der Waals surface area contributed by atoms with Crippen LogP contribution in [0.4, 0.5) is 0 Å². The Bertz CT molecular complexity index is 526. The highest BCUT2D eigenvalue weighted by Crippen LogP contribution is 2.16. The first-order valence-corrected chi connectivity index (χ1v) is 7.12. The normalized spacial score (nSPS) is 12.4. The highest BCUT2D eigenvalue weighted by Gasteiger charge is 2.21. The van der Waals surface area contributed by atoms with Crippen LogP contribution < -0.4 is 5.32 Å². The molecule has 1 aromatic rings. The largest absolute Gasteiger partial charge is 0.467 e. The Morgan fingerprint density at radius 3 is 2.57 bits per heavy atom. The molecule has 1 amide bonds. The van der Waals surface area contributed by atoms with E-state index >= 15 is 0 Å². The molecule has 0 aliphatic rings. The second kappa shape index (κ2) is 8.47. The predicted octanol–water partition coefficient (Wildman–Crippen LogP) is 3.06. The molecule has 0 heterocycles. The first-order chi connectivity index (χ1) is 9.93. The van der Waals surface area contributed by atoms with Gasteiger partial charge in [0.25, 0.3) is 0 Å². The number of carbonyl (C=O) groups excluding carboxylic acids is 2. The molecular weight excluding hydrogens is 290 g/mol. The van der Waals surface area contributed by atoms with E-state index in [1.807, 2.05) is 26.0 Å². The van der Waals surface area contributed by atoms with Crippen molar-refractivity contribution >= 4 is 29.6 Å². The molecule has 0 bridgehead atoms. The van der Waals surface area contributed by atoms with Gasteiger partial charge in [-0.3, -0.25) is 4.79 Å². The standard InChI is InChI=1S/C16H20ClNO3/c1-11(2)10-14(16(20)21-3)18-15(19)9-8-12-6-4-5-7-13(12)17/h4-9,11,14H,10H2,1-3H3,(H,18,19)/b9-8+/t14-/m1/s1. The Balaban J connectivity index is 2.70. The summed E-state index contributed by atoms with van der Waals surface area (Å²) in [6.07, 6.45) is 3.50. The average molecular weight is 310 g/mol. The maximum absolute atomic E-state index is 11.9. The van der Waals surface area contributed by atoms with Gasteiger partial charge < -0.3 is 10.1 Å². The Morgan fingerprint density at radius 1 is 1.33 bits per heavy atom. The minimum atomic E-state index is -0.640. The smallest absolute Gasteiger partial charge is 0.328 e. The molecule has 0 saturated carbocycles. The molecule has 1 atom stereocenters. The number of nitrogens with one attached hydrogen (secondary N) is 1. The molecular formula is C16H20ClNO3. The summed E-state index contributed by atoms with van der Waals surface area (Å²) in [5.41, 5.74) is 0.743. The first-order valence-electron chi connectivity index (χ1n) is 6.75. The summed E-state index contributed by atoms with van der Waals surface area (Å²) in [4.78, 5) is 23.5. The third-order valence-electron chi connectivity index (χ3n) is 2.83. The average Bonchev–Trinajstić information content (AvgIpc) is 2.44. The zero-order chi connectivity index (χ0) is 15.8.